The Morgan fingerprint density at radius 3 is 1.85 bits per heavy atom. The molecule has 0 aliphatic carbocycles. The van der Waals surface area contributed by atoms with Gasteiger partial charge in [-0.25, -0.2) is 19.3 Å². The zero-order valence-electron chi connectivity index (χ0n) is 11.8. The molecule has 2 rings (SSSR count). The lowest BCUT2D eigenvalue weighted by Gasteiger charge is -2.34. The predicted octanol–water partition coefficient (Wildman–Crippen LogP) is 1.89. The molecule has 0 bridgehead atoms. The SMILES string of the molecule is CC1(C)COP(=O)(NCCNP2(=O)OCCCO2)OC1. The van der Waals surface area contributed by atoms with Crippen LogP contribution in [0.1, 0.15) is 20.3 Å². The van der Waals surface area contributed by atoms with Gasteiger partial charge in [-0.15, -0.1) is 0 Å². The number of nitrogens with one attached hydrogen (secondary N) is 2. The second-order valence-corrected chi connectivity index (χ2v) is 9.20. The van der Waals surface area contributed by atoms with Gasteiger partial charge in [0.25, 0.3) is 0 Å². The number of hydrogen-bond acceptors (Lipinski definition) is 6. The van der Waals surface area contributed by atoms with E-state index >= 15 is 0 Å². The summed E-state index contributed by atoms with van der Waals surface area (Å²) in [5.74, 6) is 0. The van der Waals surface area contributed by atoms with Gasteiger partial charge in [-0.2, -0.15) is 0 Å². The minimum absolute atomic E-state index is 0.137. The van der Waals surface area contributed by atoms with Gasteiger partial charge in [0.1, 0.15) is 0 Å². The van der Waals surface area contributed by atoms with Crippen LogP contribution in [0, 0.1) is 5.41 Å². The molecule has 2 N–H and O–H groups in total. The van der Waals surface area contributed by atoms with Gasteiger partial charge in [-0.1, -0.05) is 13.8 Å². The van der Waals surface area contributed by atoms with Crippen molar-refractivity contribution in [2.75, 3.05) is 39.5 Å². The van der Waals surface area contributed by atoms with Crippen LogP contribution in [0.15, 0.2) is 0 Å². The number of rotatable bonds is 5. The summed E-state index contributed by atoms with van der Waals surface area (Å²) in [6.07, 6.45) is 0.733. The molecule has 0 unspecified atom stereocenters. The Balaban J connectivity index is 1.68. The summed E-state index contributed by atoms with van der Waals surface area (Å²) in [4.78, 5) is 0. The van der Waals surface area contributed by atoms with E-state index in [1.807, 2.05) is 13.8 Å². The van der Waals surface area contributed by atoms with Crippen molar-refractivity contribution >= 4 is 15.5 Å². The van der Waals surface area contributed by atoms with E-state index in [1.165, 1.54) is 0 Å². The van der Waals surface area contributed by atoms with E-state index in [2.05, 4.69) is 10.2 Å². The van der Waals surface area contributed by atoms with Crippen molar-refractivity contribution in [3.8, 4) is 0 Å². The fraction of sp³-hybridized carbons (Fsp3) is 1.00. The van der Waals surface area contributed by atoms with Gasteiger partial charge >= 0.3 is 15.5 Å². The molecule has 0 saturated carbocycles. The molecule has 2 aliphatic heterocycles. The Hall–Kier alpha value is 0.220. The van der Waals surface area contributed by atoms with E-state index in [1.54, 1.807) is 0 Å². The highest BCUT2D eigenvalue weighted by molar-refractivity contribution is 7.52. The van der Waals surface area contributed by atoms with Crippen LogP contribution < -0.4 is 10.2 Å². The predicted molar refractivity (Wildman–Crippen MR) is 73.4 cm³/mol. The van der Waals surface area contributed by atoms with E-state index in [-0.39, 0.29) is 18.5 Å². The van der Waals surface area contributed by atoms with Gasteiger partial charge < -0.3 is 0 Å². The largest absolute Gasteiger partial charge is 0.405 e. The Bertz CT molecular complexity index is 406. The molecular formula is C10H22N2O6P2. The Labute approximate surface area is 119 Å². The summed E-state index contributed by atoms with van der Waals surface area (Å²) in [5, 5.41) is 5.40. The quantitative estimate of drug-likeness (QED) is 0.583. The maximum atomic E-state index is 12.1. The molecule has 2 saturated heterocycles. The van der Waals surface area contributed by atoms with Crippen molar-refractivity contribution in [2.24, 2.45) is 5.41 Å². The van der Waals surface area contributed by atoms with Gasteiger partial charge in [0.2, 0.25) is 0 Å². The molecule has 8 nitrogen and oxygen atoms in total. The molecule has 0 radical (unpaired) electrons. The molecular weight excluding hydrogens is 306 g/mol. The van der Waals surface area contributed by atoms with Gasteiger partial charge in [-0.05, 0) is 6.42 Å². The summed E-state index contributed by atoms with van der Waals surface area (Å²) in [7, 11) is -6.43. The van der Waals surface area contributed by atoms with E-state index in [4.69, 9.17) is 18.1 Å². The lowest BCUT2D eigenvalue weighted by atomic mass is 9.97. The van der Waals surface area contributed by atoms with Crippen molar-refractivity contribution < 1.29 is 27.2 Å². The summed E-state index contributed by atoms with van der Waals surface area (Å²) < 4.78 is 44.7. The highest BCUT2D eigenvalue weighted by Gasteiger charge is 2.36. The highest BCUT2D eigenvalue weighted by atomic mass is 31.2. The van der Waals surface area contributed by atoms with Crippen LogP contribution in [0.2, 0.25) is 0 Å². The number of hydrogen-bond donors (Lipinski definition) is 2. The van der Waals surface area contributed by atoms with Crippen LogP contribution in [-0.2, 0) is 27.2 Å². The van der Waals surface area contributed by atoms with Gasteiger partial charge in [0.15, 0.2) is 0 Å². The Morgan fingerprint density at radius 1 is 0.900 bits per heavy atom. The standard InChI is InChI=1S/C10H22N2O6P2/c1-10(2)8-17-20(14,18-9-10)12-5-4-11-19(13)15-6-3-7-16-19/h3-9H2,1-2H3,(H,11,13)(H,12,14). The highest BCUT2D eigenvalue weighted by Crippen LogP contribution is 2.50. The maximum Gasteiger partial charge on any atom is 0.405 e. The lowest BCUT2D eigenvalue weighted by molar-refractivity contribution is 0.0372. The molecule has 118 valence electrons. The summed E-state index contributed by atoms with van der Waals surface area (Å²) >= 11 is 0. The zero-order chi connectivity index (χ0) is 14.7. The summed E-state index contributed by atoms with van der Waals surface area (Å²) in [5.41, 5.74) is -0.137. The first-order valence-corrected chi connectivity index (χ1v) is 9.70. The fourth-order valence-electron chi connectivity index (χ4n) is 1.63. The second-order valence-electron chi connectivity index (χ2n) is 5.54. The van der Waals surface area contributed by atoms with Crippen molar-refractivity contribution in [1.82, 2.24) is 10.2 Å². The molecule has 0 aromatic heterocycles. The molecule has 2 heterocycles. The smallest absolute Gasteiger partial charge is 0.297 e. The van der Waals surface area contributed by atoms with E-state index in [9.17, 15) is 9.13 Å². The third-order valence-corrected chi connectivity index (χ3v) is 6.00. The average Bonchev–Trinajstić information content (AvgIpc) is 2.40. The van der Waals surface area contributed by atoms with Gasteiger partial charge in [0.05, 0.1) is 26.4 Å². The van der Waals surface area contributed by atoms with Crippen molar-refractivity contribution in [3.05, 3.63) is 0 Å². The third-order valence-electron chi connectivity index (χ3n) is 2.80. The van der Waals surface area contributed by atoms with Crippen LogP contribution >= 0.6 is 15.5 Å². The first kappa shape index (κ1) is 16.6. The normalized spacial score (nSPS) is 28.1. The average molecular weight is 328 g/mol. The molecule has 20 heavy (non-hydrogen) atoms. The second kappa shape index (κ2) is 6.55. The Kier molecular flexibility index (Phi) is 5.43. The zero-order valence-corrected chi connectivity index (χ0v) is 13.6. The van der Waals surface area contributed by atoms with Crippen LogP contribution in [0.25, 0.3) is 0 Å². The van der Waals surface area contributed by atoms with Crippen molar-refractivity contribution in [1.29, 1.82) is 0 Å². The van der Waals surface area contributed by atoms with Crippen molar-refractivity contribution in [2.45, 2.75) is 20.3 Å². The molecule has 2 aliphatic rings. The lowest BCUT2D eigenvalue weighted by Crippen LogP contribution is -2.34. The van der Waals surface area contributed by atoms with E-state index < -0.39 is 15.5 Å². The molecule has 10 heteroatoms. The van der Waals surface area contributed by atoms with E-state index in [0.29, 0.717) is 26.4 Å². The van der Waals surface area contributed by atoms with Crippen LogP contribution in [0.5, 0.6) is 0 Å². The topological polar surface area (TPSA) is 95.1 Å². The minimum atomic E-state index is -3.25. The third kappa shape index (κ3) is 4.90. The first-order chi connectivity index (χ1) is 9.33. The summed E-state index contributed by atoms with van der Waals surface area (Å²) in [6.45, 7) is 6.06. The first-order valence-electron chi connectivity index (χ1n) is 6.61. The van der Waals surface area contributed by atoms with Crippen LogP contribution in [0.3, 0.4) is 0 Å². The van der Waals surface area contributed by atoms with Crippen LogP contribution in [-0.4, -0.2) is 39.5 Å². The molecule has 0 amide bonds. The van der Waals surface area contributed by atoms with Crippen LogP contribution in [0.4, 0.5) is 0 Å². The molecule has 2 fully saturated rings. The maximum absolute atomic E-state index is 12.1. The molecule has 0 aromatic carbocycles. The fourth-order valence-corrected chi connectivity index (χ4v) is 4.70. The molecule has 0 atom stereocenters. The van der Waals surface area contributed by atoms with Crippen molar-refractivity contribution in [3.63, 3.8) is 0 Å². The monoisotopic (exact) mass is 328 g/mol. The van der Waals surface area contributed by atoms with E-state index in [0.717, 1.165) is 6.42 Å². The molecule has 0 aromatic rings. The van der Waals surface area contributed by atoms with Gasteiger partial charge in [-0.3, -0.25) is 18.1 Å². The minimum Gasteiger partial charge on any atom is -0.297 e. The Morgan fingerprint density at radius 2 is 1.35 bits per heavy atom. The van der Waals surface area contributed by atoms with Gasteiger partial charge in [0, 0.05) is 18.5 Å². The molecule has 0 spiro atoms. The summed E-state index contributed by atoms with van der Waals surface area (Å²) in [6, 6.07) is 0.